The van der Waals surface area contributed by atoms with Gasteiger partial charge in [-0.05, 0) is 42.5 Å². The third-order valence-electron chi connectivity index (χ3n) is 6.28. The second-order valence-corrected chi connectivity index (χ2v) is 8.42. The third kappa shape index (κ3) is 4.33. The van der Waals surface area contributed by atoms with Gasteiger partial charge in [-0.2, -0.15) is 0 Å². The van der Waals surface area contributed by atoms with Crippen LogP contribution in [0.5, 0.6) is 11.5 Å². The molecule has 176 valence electrons. The average molecular weight is 462 g/mol. The monoisotopic (exact) mass is 461 g/mol. The Morgan fingerprint density at radius 3 is 2.35 bits per heavy atom. The molecule has 0 fully saturated rings. The highest BCUT2D eigenvalue weighted by atomic mass is 16.6. The number of allylic oxidation sites excluding steroid dienone is 3. The summed E-state index contributed by atoms with van der Waals surface area (Å²) in [6.45, 7) is 3.12. The largest absolute Gasteiger partial charge is 0.493 e. The van der Waals surface area contributed by atoms with Crippen molar-refractivity contribution in [3.8, 4) is 11.5 Å². The Hall–Kier alpha value is -3.87. The predicted molar refractivity (Wildman–Crippen MR) is 125 cm³/mol. The second kappa shape index (κ2) is 9.55. The van der Waals surface area contributed by atoms with Crippen molar-refractivity contribution in [2.75, 3.05) is 14.2 Å². The Bertz CT molecular complexity index is 1210. The van der Waals surface area contributed by atoms with Crippen LogP contribution in [-0.2, 0) is 19.1 Å². The third-order valence-corrected chi connectivity index (χ3v) is 6.28. The Morgan fingerprint density at radius 1 is 0.971 bits per heavy atom. The molecule has 0 aromatic heterocycles. The van der Waals surface area contributed by atoms with Crippen LogP contribution in [-0.4, -0.2) is 31.9 Å². The zero-order chi connectivity index (χ0) is 24.4. The second-order valence-electron chi connectivity index (χ2n) is 8.42. The Morgan fingerprint density at radius 2 is 1.71 bits per heavy atom. The van der Waals surface area contributed by atoms with Gasteiger partial charge < -0.3 is 19.5 Å². The van der Waals surface area contributed by atoms with E-state index < -0.39 is 17.9 Å². The van der Waals surface area contributed by atoms with Gasteiger partial charge in [-0.3, -0.25) is 9.59 Å². The molecule has 1 aliphatic heterocycles. The standard InChI is InChI=1S/C27H27NO6/c1-15-24(27(31)33-4)25(18-10-11-22(34-16(2)29)23(14-18)32-3)26-20(28-15)12-19(13-21(26)30)17-8-6-5-7-9-17/h5-11,14,19,25,28H,12-13H2,1-4H3. The number of esters is 2. The molecule has 4 rings (SSSR count). The summed E-state index contributed by atoms with van der Waals surface area (Å²) in [5.74, 6) is -0.991. The number of dihydropyridines is 1. The zero-order valence-electron chi connectivity index (χ0n) is 19.6. The molecule has 34 heavy (non-hydrogen) atoms. The number of ketones is 1. The van der Waals surface area contributed by atoms with Gasteiger partial charge in [-0.15, -0.1) is 0 Å². The van der Waals surface area contributed by atoms with Gasteiger partial charge in [0, 0.05) is 36.2 Å². The summed E-state index contributed by atoms with van der Waals surface area (Å²) in [4.78, 5) is 37.9. The summed E-state index contributed by atoms with van der Waals surface area (Å²) in [5, 5.41) is 3.32. The average Bonchev–Trinajstić information content (AvgIpc) is 2.83. The SMILES string of the molecule is COC(=O)C1=C(C)NC2=C(C(=O)CC(c3ccccc3)C2)C1c1ccc(OC(C)=O)c(OC)c1. The lowest BCUT2D eigenvalue weighted by atomic mass is 9.71. The molecule has 2 aromatic carbocycles. The summed E-state index contributed by atoms with van der Waals surface area (Å²) < 4.78 is 15.7. The molecule has 1 N–H and O–H groups in total. The van der Waals surface area contributed by atoms with Crippen LogP contribution in [0.3, 0.4) is 0 Å². The van der Waals surface area contributed by atoms with Crippen molar-refractivity contribution in [3.05, 3.63) is 82.2 Å². The highest BCUT2D eigenvalue weighted by molar-refractivity contribution is 6.04. The van der Waals surface area contributed by atoms with Gasteiger partial charge >= 0.3 is 11.9 Å². The van der Waals surface area contributed by atoms with Crippen molar-refractivity contribution < 1.29 is 28.6 Å². The van der Waals surface area contributed by atoms with E-state index in [4.69, 9.17) is 14.2 Å². The first-order valence-electron chi connectivity index (χ1n) is 11.1. The van der Waals surface area contributed by atoms with Gasteiger partial charge in [-0.1, -0.05) is 36.4 Å². The molecule has 0 bridgehead atoms. The Labute approximate surface area is 198 Å². The molecule has 1 aliphatic carbocycles. The Kier molecular flexibility index (Phi) is 6.54. The number of rotatable bonds is 5. The van der Waals surface area contributed by atoms with E-state index in [0.29, 0.717) is 41.0 Å². The van der Waals surface area contributed by atoms with E-state index in [1.54, 1.807) is 18.2 Å². The van der Waals surface area contributed by atoms with Crippen molar-refractivity contribution in [2.45, 2.75) is 38.5 Å². The summed E-state index contributed by atoms with van der Waals surface area (Å²) in [7, 11) is 2.79. The van der Waals surface area contributed by atoms with Crippen molar-refractivity contribution in [3.63, 3.8) is 0 Å². The van der Waals surface area contributed by atoms with Gasteiger partial charge in [0.2, 0.25) is 0 Å². The lowest BCUT2D eigenvalue weighted by molar-refractivity contribution is -0.136. The molecule has 1 heterocycles. The van der Waals surface area contributed by atoms with Crippen LogP contribution in [0.25, 0.3) is 0 Å². The minimum absolute atomic E-state index is 0.0236. The van der Waals surface area contributed by atoms with E-state index in [1.807, 2.05) is 37.3 Å². The van der Waals surface area contributed by atoms with Crippen LogP contribution in [0, 0.1) is 0 Å². The minimum atomic E-state index is -0.631. The number of carbonyl (C=O) groups is 3. The smallest absolute Gasteiger partial charge is 0.336 e. The first-order chi connectivity index (χ1) is 16.3. The normalized spacial score (nSPS) is 19.8. The van der Waals surface area contributed by atoms with Gasteiger partial charge in [0.25, 0.3) is 0 Å². The molecular weight excluding hydrogens is 434 g/mol. The molecular formula is C27H27NO6. The fraction of sp³-hybridized carbons (Fsp3) is 0.296. The van der Waals surface area contributed by atoms with Gasteiger partial charge in [0.1, 0.15) is 0 Å². The van der Waals surface area contributed by atoms with Gasteiger partial charge in [0.05, 0.1) is 19.8 Å². The molecule has 2 aliphatic rings. The topological polar surface area (TPSA) is 90.9 Å². The fourth-order valence-corrected chi connectivity index (χ4v) is 4.82. The van der Waals surface area contributed by atoms with Crippen LogP contribution in [0.15, 0.2) is 71.1 Å². The maximum absolute atomic E-state index is 13.6. The lowest BCUT2D eigenvalue weighted by Gasteiger charge is -2.36. The van der Waals surface area contributed by atoms with E-state index in [1.165, 1.54) is 21.1 Å². The van der Waals surface area contributed by atoms with Crippen molar-refractivity contribution >= 4 is 17.7 Å². The van der Waals surface area contributed by atoms with E-state index in [0.717, 1.165) is 11.3 Å². The quantitative estimate of drug-likeness (QED) is 0.528. The number of hydrogen-bond acceptors (Lipinski definition) is 7. The van der Waals surface area contributed by atoms with Gasteiger partial charge in [0.15, 0.2) is 17.3 Å². The predicted octanol–water partition coefficient (Wildman–Crippen LogP) is 4.16. The van der Waals surface area contributed by atoms with Crippen LogP contribution in [0.4, 0.5) is 0 Å². The van der Waals surface area contributed by atoms with Crippen LogP contribution in [0.1, 0.15) is 49.7 Å². The molecule has 2 aromatic rings. The van der Waals surface area contributed by atoms with Crippen LogP contribution >= 0.6 is 0 Å². The summed E-state index contributed by atoms with van der Waals surface area (Å²) in [6.07, 6.45) is 0.993. The highest BCUT2D eigenvalue weighted by Crippen LogP contribution is 2.46. The van der Waals surface area contributed by atoms with E-state index in [2.05, 4.69) is 5.32 Å². The number of hydrogen-bond donors (Lipinski definition) is 1. The molecule has 0 radical (unpaired) electrons. The molecule has 0 spiro atoms. The van der Waals surface area contributed by atoms with E-state index in [-0.39, 0.29) is 17.5 Å². The number of methoxy groups -OCH3 is 2. The molecule has 2 atom stereocenters. The number of nitrogens with one attached hydrogen (secondary N) is 1. The molecule has 2 unspecified atom stereocenters. The van der Waals surface area contributed by atoms with E-state index >= 15 is 0 Å². The number of benzene rings is 2. The Balaban J connectivity index is 1.82. The first kappa shape index (κ1) is 23.3. The molecule has 0 amide bonds. The summed E-state index contributed by atoms with van der Waals surface area (Å²) >= 11 is 0. The maximum atomic E-state index is 13.6. The van der Waals surface area contributed by atoms with Gasteiger partial charge in [-0.25, -0.2) is 4.79 Å². The molecule has 7 heteroatoms. The maximum Gasteiger partial charge on any atom is 0.336 e. The summed E-state index contributed by atoms with van der Waals surface area (Å²) in [5.41, 5.74) is 4.15. The fourth-order valence-electron chi connectivity index (χ4n) is 4.82. The van der Waals surface area contributed by atoms with Crippen LogP contribution < -0.4 is 14.8 Å². The number of ether oxygens (including phenoxy) is 3. The molecule has 0 saturated carbocycles. The molecule has 7 nitrogen and oxygen atoms in total. The number of Topliss-reactive ketones (excluding diaryl/α,β-unsaturated/α-hetero) is 1. The highest BCUT2D eigenvalue weighted by Gasteiger charge is 2.41. The first-order valence-corrected chi connectivity index (χ1v) is 11.1. The molecule has 0 saturated heterocycles. The van der Waals surface area contributed by atoms with E-state index in [9.17, 15) is 14.4 Å². The zero-order valence-corrected chi connectivity index (χ0v) is 19.6. The number of carbonyl (C=O) groups excluding carboxylic acids is 3. The minimum Gasteiger partial charge on any atom is -0.493 e. The van der Waals surface area contributed by atoms with Crippen LogP contribution in [0.2, 0.25) is 0 Å². The van der Waals surface area contributed by atoms with Crippen molar-refractivity contribution in [1.82, 2.24) is 5.32 Å². The summed E-state index contributed by atoms with van der Waals surface area (Å²) in [6, 6.07) is 15.0. The van der Waals surface area contributed by atoms with Crippen molar-refractivity contribution in [2.24, 2.45) is 0 Å². The van der Waals surface area contributed by atoms with Crippen molar-refractivity contribution in [1.29, 1.82) is 0 Å². The lowest BCUT2D eigenvalue weighted by Crippen LogP contribution is -2.36.